The number of barbiturate groups is 1. The minimum absolute atomic E-state index is 0.0773. The van der Waals surface area contributed by atoms with Crippen LogP contribution in [0, 0.1) is 0 Å². The summed E-state index contributed by atoms with van der Waals surface area (Å²) in [5.41, 5.74) is 1.21. The standard InChI is InChI=1S/C17H14N2O3S/c20-14-17(23,13-9-5-2-6-10-13)15(21)19(16(22)18-14)11-12-7-3-1-4-8-12/h1-10,23H,11H2,(H,18,20,22). The first-order valence-corrected chi connectivity index (χ1v) is 7.47. The molecule has 1 aliphatic heterocycles. The lowest BCUT2D eigenvalue weighted by atomic mass is 9.93. The number of urea groups is 1. The molecule has 0 radical (unpaired) electrons. The van der Waals surface area contributed by atoms with E-state index < -0.39 is 22.6 Å². The third-order valence-electron chi connectivity index (χ3n) is 3.72. The summed E-state index contributed by atoms with van der Waals surface area (Å²) >= 11 is 4.34. The van der Waals surface area contributed by atoms with E-state index in [1.807, 2.05) is 18.2 Å². The molecule has 0 aromatic heterocycles. The van der Waals surface area contributed by atoms with Crippen molar-refractivity contribution in [3.63, 3.8) is 0 Å². The van der Waals surface area contributed by atoms with Crippen molar-refractivity contribution >= 4 is 30.5 Å². The summed E-state index contributed by atoms with van der Waals surface area (Å²) in [6.45, 7) is 0.0773. The lowest BCUT2D eigenvalue weighted by Crippen LogP contribution is -2.63. The second-order valence-corrected chi connectivity index (χ2v) is 5.88. The van der Waals surface area contributed by atoms with Crippen LogP contribution >= 0.6 is 12.6 Å². The Morgan fingerprint density at radius 1 is 0.913 bits per heavy atom. The first kappa shape index (κ1) is 15.3. The summed E-state index contributed by atoms with van der Waals surface area (Å²) in [5.74, 6) is -1.38. The van der Waals surface area contributed by atoms with E-state index in [9.17, 15) is 14.4 Å². The van der Waals surface area contributed by atoms with Gasteiger partial charge in [-0.15, -0.1) is 12.6 Å². The molecule has 0 aliphatic carbocycles. The number of carbonyl (C=O) groups is 3. The summed E-state index contributed by atoms with van der Waals surface area (Å²) < 4.78 is -1.72. The van der Waals surface area contributed by atoms with Gasteiger partial charge in [-0.2, -0.15) is 0 Å². The molecular weight excluding hydrogens is 312 g/mol. The first-order valence-electron chi connectivity index (χ1n) is 7.02. The zero-order valence-electron chi connectivity index (χ0n) is 12.1. The molecule has 1 unspecified atom stereocenters. The summed E-state index contributed by atoms with van der Waals surface area (Å²) in [4.78, 5) is 38.2. The SMILES string of the molecule is O=C1NC(=O)C(S)(c2ccccc2)C(=O)N1Cc1ccccc1. The van der Waals surface area contributed by atoms with E-state index in [1.165, 1.54) is 0 Å². The average molecular weight is 326 g/mol. The fraction of sp³-hybridized carbons (Fsp3) is 0.118. The summed E-state index contributed by atoms with van der Waals surface area (Å²) in [6, 6.07) is 16.8. The lowest BCUT2D eigenvalue weighted by molar-refractivity contribution is -0.140. The number of hydrogen-bond donors (Lipinski definition) is 2. The Kier molecular flexibility index (Phi) is 3.92. The van der Waals surface area contributed by atoms with Gasteiger partial charge in [0.25, 0.3) is 11.8 Å². The van der Waals surface area contributed by atoms with Gasteiger partial charge in [0, 0.05) is 0 Å². The zero-order chi connectivity index (χ0) is 16.4. The lowest BCUT2D eigenvalue weighted by Gasteiger charge is -2.36. The highest BCUT2D eigenvalue weighted by molar-refractivity contribution is 7.83. The third kappa shape index (κ3) is 2.61. The van der Waals surface area contributed by atoms with E-state index in [4.69, 9.17) is 0 Å². The number of imide groups is 2. The van der Waals surface area contributed by atoms with Crippen LogP contribution in [0.25, 0.3) is 0 Å². The highest BCUT2D eigenvalue weighted by Gasteiger charge is 2.52. The molecule has 0 spiro atoms. The number of amides is 4. The van der Waals surface area contributed by atoms with Gasteiger partial charge < -0.3 is 0 Å². The number of benzene rings is 2. The molecule has 1 N–H and O–H groups in total. The number of nitrogens with one attached hydrogen (secondary N) is 1. The Bertz CT molecular complexity index is 764. The van der Waals surface area contributed by atoms with Gasteiger partial charge in [-0.25, -0.2) is 4.79 Å². The van der Waals surface area contributed by atoms with Crippen molar-refractivity contribution in [1.29, 1.82) is 0 Å². The van der Waals surface area contributed by atoms with Crippen LogP contribution in [0.15, 0.2) is 60.7 Å². The van der Waals surface area contributed by atoms with E-state index in [0.29, 0.717) is 5.56 Å². The molecular formula is C17H14N2O3S. The number of carbonyl (C=O) groups excluding carboxylic acids is 3. The number of rotatable bonds is 3. The second-order valence-electron chi connectivity index (χ2n) is 5.21. The van der Waals surface area contributed by atoms with Crippen LogP contribution in [0.5, 0.6) is 0 Å². The summed E-state index contributed by atoms with van der Waals surface area (Å²) in [5, 5.41) is 2.22. The molecule has 116 valence electrons. The van der Waals surface area contributed by atoms with E-state index in [2.05, 4.69) is 17.9 Å². The quantitative estimate of drug-likeness (QED) is 0.670. The maximum atomic E-state index is 12.8. The van der Waals surface area contributed by atoms with Gasteiger partial charge in [-0.3, -0.25) is 19.8 Å². The predicted molar refractivity (Wildman–Crippen MR) is 87.6 cm³/mol. The Balaban J connectivity index is 1.98. The molecule has 1 aliphatic rings. The molecule has 0 saturated carbocycles. The van der Waals surface area contributed by atoms with Gasteiger partial charge in [0.05, 0.1) is 6.54 Å². The smallest absolute Gasteiger partial charge is 0.276 e. The number of thiol groups is 1. The van der Waals surface area contributed by atoms with E-state index >= 15 is 0 Å². The molecule has 3 rings (SSSR count). The topological polar surface area (TPSA) is 66.5 Å². The van der Waals surface area contributed by atoms with E-state index in [-0.39, 0.29) is 6.54 Å². The van der Waals surface area contributed by atoms with Crippen LogP contribution in [0.4, 0.5) is 4.79 Å². The molecule has 6 heteroatoms. The van der Waals surface area contributed by atoms with Gasteiger partial charge in [-0.1, -0.05) is 60.7 Å². The van der Waals surface area contributed by atoms with Crippen molar-refractivity contribution in [2.45, 2.75) is 11.3 Å². The van der Waals surface area contributed by atoms with Gasteiger partial charge in [-0.05, 0) is 11.1 Å². The molecule has 1 atom stereocenters. The molecule has 1 fully saturated rings. The molecule has 2 aromatic rings. The monoisotopic (exact) mass is 326 g/mol. The van der Waals surface area contributed by atoms with E-state index in [1.54, 1.807) is 42.5 Å². The van der Waals surface area contributed by atoms with Crippen LogP contribution in [-0.2, 0) is 20.9 Å². The Labute approximate surface area is 138 Å². The van der Waals surface area contributed by atoms with Crippen LogP contribution in [0.1, 0.15) is 11.1 Å². The summed E-state index contributed by atoms with van der Waals surface area (Å²) in [6.07, 6.45) is 0. The van der Waals surface area contributed by atoms with Gasteiger partial charge >= 0.3 is 6.03 Å². The Morgan fingerprint density at radius 3 is 2.09 bits per heavy atom. The van der Waals surface area contributed by atoms with Crippen LogP contribution in [0.3, 0.4) is 0 Å². The molecule has 1 heterocycles. The fourth-order valence-electron chi connectivity index (χ4n) is 2.48. The minimum atomic E-state index is -1.72. The predicted octanol–water partition coefficient (Wildman–Crippen LogP) is 2.09. The van der Waals surface area contributed by atoms with Gasteiger partial charge in [0.2, 0.25) is 0 Å². The molecule has 5 nitrogen and oxygen atoms in total. The largest absolute Gasteiger partial charge is 0.331 e. The van der Waals surface area contributed by atoms with Gasteiger partial charge in [0.1, 0.15) is 0 Å². The first-order chi connectivity index (χ1) is 11.0. The Morgan fingerprint density at radius 2 is 1.48 bits per heavy atom. The second kappa shape index (κ2) is 5.89. The average Bonchev–Trinajstić information content (AvgIpc) is 2.58. The molecule has 23 heavy (non-hydrogen) atoms. The molecule has 2 aromatic carbocycles. The maximum absolute atomic E-state index is 12.8. The highest BCUT2D eigenvalue weighted by atomic mass is 32.1. The van der Waals surface area contributed by atoms with Crippen molar-refractivity contribution in [1.82, 2.24) is 10.2 Å². The number of hydrogen-bond acceptors (Lipinski definition) is 4. The maximum Gasteiger partial charge on any atom is 0.331 e. The fourth-order valence-corrected chi connectivity index (χ4v) is 2.81. The van der Waals surface area contributed by atoms with Gasteiger partial charge in [0.15, 0.2) is 4.75 Å². The molecule has 4 amide bonds. The van der Waals surface area contributed by atoms with Crippen LogP contribution in [-0.4, -0.2) is 22.7 Å². The van der Waals surface area contributed by atoms with Crippen molar-refractivity contribution in [3.8, 4) is 0 Å². The Hall–Kier alpha value is -2.60. The van der Waals surface area contributed by atoms with Crippen molar-refractivity contribution in [2.75, 3.05) is 0 Å². The highest BCUT2D eigenvalue weighted by Crippen LogP contribution is 2.34. The normalized spacial score (nSPS) is 21.3. The summed E-state index contributed by atoms with van der Waals surface area (Å²) in [7, 11) is 0. The zero-order valence-corrected chi connectivity index (χ0v) is 13.0. The number of nitrogens with zero attached hydrogens (tertiary/aromatic N) is 1. The third-order valence-corrected chi connectivity index (χ3v) is 4.38. The van der Waals surface area contributed by atoms with Crippen LogP contribution < -0.4 is 5.32 Å². The van der Waals surface area contributed by atoms with Crippen molar-refractivity contribution in [2.24, 2.45) is 0 Å². The van der Waals surface area contributed by atoms with Crippen LogP contribution in [0.2, 0.25) is 0 Å². The molecule has 1 saturated heterocycles. The van der Waals surface area contributed by atoms with E-state index in [0.717, 1.165) is 10.5 Å². The minimum Gasteiger partial charge on any atom is -0.276 e. The molecule has 0 bridgehead atoms. The van der Waals surface area contributed by atoms with Crippen molar-refractivity contribution < 1.29 is 14.4 Å². The van der Waals surface area contributed by atoms with Crippen molar-refractivity contribution in [3.05, 3.63) is 71.8 Å².